The molecule has 0 N–H and O–H groups in total. The smallest absolute Gasteiger partial charge is 0.188 e. The summed E-state index contributed by atoms with van der Waals surface area (Å²) in [6, 6.07) is 3.00. The molecule has 0 radical (unpaired) electrons. The minimum Gasteiger partial charge on any atom is -0.315 e. The molecule has 0 unspecified atom stereocenters. The number of rotatable bonds is 2. The van der Waals surface area contributed by atoms with E-state index >= 15 is 0 Å². The lowest BCUT2D eigenvalue weighted by Crippen LogP contribution is -2.17. The first-order valence-corrected chi connectivity index (χ1v) is 7.74. The van der Waals surface area contributed by atoms with Gasteiger partial charge in [-0.3, -0.25) is 4.79 Å². The van der Waals surface area contributed by atoms with E-state index in [0.717, 1.165) is 0 Å². The molecule has 0 saturated heterocycles. The molecule has 2 aromatic heterocycles. The Morgan fingerprint density at radius 3 is 2.30 bits per heavy atom. The van der Waals surface area contributed by atoms with Crippen LogP contribution in [-0.2, 0) is 0 Å². The first kappa shape index (κ1) is 15.6. The molecule has 2 nitrogen and oxygen atoms in total. The molecule has 2 heterocycles. The molecule has 6 heteroatoms. The van der Waals surface area contributed by atoms with E-state index in [4.69, 9.17) is 0 Å². The minimum atomic E-state index is -1.04. The number of halogens is 3. The van der Waals surface area contributed by atoms with Crippen molar-refractivity contribution in [2.24, 2.45) is 0 Å². The quantitative estimate of drug-likeness (QED) is 0.671. The fraction of sp³-hybridized carbons (Fsp3) is 0.118. The molecule has 3 aromatic rings. The minimum absolute atomic E-state index is 0.0917. The normalized spacial score (nSPS) is 11.0. The van der Waals surface area contributed by atoms with Crippen LogP contribution in [0.4, 0.5) is 13.2 Å². The highest BCUT2D eigenvalue weighted by Crippen LogP contribution is 2.31. The lowest BCUT2D eigenvalue weighted by atomic mass is 10.0. The highest BCUT2D eigenvalue weighted by atomic mass is 32.1. The maximum absolute atomic E-state index is 14.2. The second-order valence-corrected chi connectivity index (χ2v) is 5.99. The van der Waals surface area contributed by atoms with E-state index in [9.17, 15) is 18.0 Å². The average molecular weight is 335 g/mol. The lowest BCUT2D eigenvalue weighted by Gasteiger charge is -2.17. The van der Waals surface area contributed by atoms with Crippen molar-refractivity contribution < 1.29 is 13.2 Å². The van der Waals surface area contributed by atoms with Gasteiger partial charge in [0.2, 0.25) is 0 Å². The van der Waals surface area contributed by atoms with Crippen LogP contribution in [0.5, 0.6) is 0 Å². The molecular formula is C17H12F3NOS. The molecule has 1 aromatic carbocycles. The Morgan fingerprint density at radius 2 is 1.74 bits per heavy atom. The van der Waals surface area contributed by atoms with Crippen molar-refractivity contribution in [3.63, 3.8) is 0 Å². The van der Waals surface area contributed by atoms with Crippen molar-refractivity contribution >= 4 is 11.3 Å². The summed E-state index contributed by atoms with van der Waals surface area (Å²) in [4.78, 5) is 12.2. The maximum atomic E-state index is 14.2. The predicted molar refractivity (Wildman–Crippen MR) is 84.7 cm³/mol. The number of aromatic nitrogens is 1. The Labute approximate surface area is 134 Å². The third-order valence-corrected chi connectivity index (χ3v) is 4.32. The Hall–Kier alpha value is -2.34. The first-order valence-electron chi connectivity index (χ1n) is 6.80. The van der Waals surface area contributed by atoms with Crippen molar-refractivity contribution in [2.45, 2.75) is 13.8 Å². The zero-order valence-electron chi connectivity index (χ0n) is 12.4. The number of hydrogen-bond acceptors (Lipinski definition) is 2. The van der Waals surface area contributed by atoms with Gasteiger partial charge in [0.1, 0.15) is 17.5 Å². The van der Waals surface area contributed by atoms with Gasteiger partial charge in [0, 0.05) is 34.8 Å². The molecule has 0 spiro atoms. The standard InChI is InChI=1S/C17H12F3NOS/c1-9-7-21(12-3-4-23-8-12)16(10(2)17(9)22)15-13(19)5-11(18)6-14(15)20/h3-8H,1-2H3. The summed E-state index contributed by atoms with van der Waals surface area (Å²) in [5, 5.41) is 3.62. The van der Waals surface area contributed by atoms with Crippen LogP contribution in [0.2, 0.25) is 0 Å². The van der Waals surface area contributed by atoms with Crippen LogP contribution in [0.15, 0.2) is 40.0 Å². The monoisotopic (exact) mass is 335 g/mol. The molecule has 23 heavy (non-hydrogen) atoms. The molecule has 0 saturated carbocycles. The molecule has 0 aliphatic heterocycles. The summed E-state index contributed by atoms with van der Waals surface area (Å²) in [5.74, 6) is -3.09. The molecule has 0 bridgehead atoms. The Balaban J connectivity index is 2.45. The van der Waals surface area contributed by atoms with E-state index in [2.05, 4.69) is 0 Å². The summed E-state index contributed by atoms with van der Waals surface area (Å²) >= 11 is 1.42. The van der Waals surface area contributed by atoms with Crippen LogP contribution >= 0.6 is 11.3 Å². The van der Waals surface area contributed by atoms with E-state index in [1.165, 1.54) is 24.5 Å². The number of benzene rings is 1. The molecule has 0 amide bonds. The fourth-order valence-corrected chi connectivity index (χ4v) is 3.20. The number of pyridine rings is 1. The highest BCUT2D eigenvalue weighted by Gasteiger charge is 2.21. The Morgan fingerprint density at radius 1 is 1.09 bits per heavy atom. The number of thiophene rings is 1. The number of aryl methyl sites for hydroxylation is 1. The zero-order chi connectivity index (χ0) is 16.7. The predicted octanol–water partition coefficient (Wildman–Crippen LogP) is 4.60. The second-order valence-electron chi connectivity index (χ2n) is 5.21. The van der Waals surface area contributed by atoms with E-state index in [1.54, 1.807) is 22.9 Å². The van der Waals surface area contributed by atoms with Crippen LogP contribution < -0.4 is 5.43 Å². The van der Waals surface area contributed by atoms with Gasteiger partial charge in [0.25, 0.3) is 0 Å². The lowest BCUT2D eigenvalue weighted by molar-refractivity contribution is 0.546. The van der Waals surface area contributed by atoms with E-state index in [0.29, 0.717) is 23.4 Å². The third-order valence-electron chi connectivity index (χ3n) is 3.65. The van der Waals surface area contributed by atoms with Gasteiger partial charge in [-0.25, -0.2) is 13.2 Å². The van der Waals surface area contributed by atoms with Crippen LogP contribution in [0.1, 0.15) is 11.1 Å². The van der Waals surface area contributed by atoms with E-state index < -0.39 is 23.0 Å². The van der Waals surface area contributed by atoms with Crippen LogP contribution in [-0.4, -0.2) is 4.57 Å². The van der Waals surface area contributed by atoms with Gasteiger partial charge in [-0.05, 0) is 25.3 Å². The van der Waals surface area contributed by atoms with Crippen LogP contribution in [0.25, 0.3) is 16.9 Å². The van der Waals surface area contributed by atoms with Gasteiger partial charge in [-0.2, -0.15) is 11.3 Å². The first-order chi connectivity index (χ1) is 10.9. The van der Waals surface area contributed by atoms with Crippen molar-refractivity contribution in [3.8, 4) is 16.9 Å². The number of nitrogens with zero attached hydrogens (tertiary/aromatic N) is 1. The highest BCUT2D eigenvalue weighted by molar-refractivity contribution is 7.08. The Bertz CT molecular complexity index is 922. The topological polar surface area (TPSA) is 22.0 Å². The molecule has 118 valence electrons. The van der Waals surface area contributed by atoms with Crippen LogP contribution in [0, 0.1) is 31.3 Å². The van der Waals surface area contributed by atoms with Crippen LogP contribution in [0.3, 0.4) is 0 Å². The van der Waals surface area contributed by atoms with Gasteiger partial charge in [-0.1, -0.05) is 0 Å². The molecule has 0 aliphatic rings. The van der Waals surface area contributed by atoms with Crippen molar-refractivity contribution in [1.82, 2.24) is 4.57 Å². The van der Waals surface area contributed by atoms with Gasteiger partial charge >= 0.3 is 0 Å². The molecule has 0 atom stereocenters. The van der Waals surface area contributed by atoms with Crippen molar-refractivity contribution in [1.29, 1.82) is 0 Å². The summed E-state index contributed by atoms with van der Waals surface area (Å²) in [6.45, 7) is 3.15. The molecule has 0 aliphatic carbocycles. The maximum Gasteiger partial charge on any atom is 0.188 e. The molecular weight excluding hydrogens is 323 g/mol. The Kier molecular flexibility index (Phi) is 3.85. The van der Waals surface area contributed by atoms with Gasteiger partial charge in [-0.15, -0.1) is 0 Å². The van der Waals surface area contributed by atoms with E-state index in [1.807, 2.05) is 5.38 Å². The summed E-state index contributed by atoms with van der Waals surface area (Å²) < 4.78 is 43.2. The summed E-state index contributed by atoms with van der Waals surface area (Å²) in [6.07, 6.45) is 1.54. The zero-order valence-corrected chi connectivity index (χ0v) is 13.2. The van der Waals surface area contributed by atoms with E-state index in [-0.39, 0.29) is 16.7 Å². The van der Waals surface area contributed by atoms with Gasteiger partial charge < -0.3 is 4.57 Å². The molecule has 0 fully saturated rings. The average Bonchev–Trinajstić information content (AvgIpc) is 3.00. The third kappa shape index (κ3) is 2.59. The van der Waals surface area contributed by atoms with Crippen molar-refractivity contribution in [3.05, 3.63) is 74.0 Å². The summed E-state index contributed by atoms with van der Waals surface area (Å²) in [5.41, 5.74) is 0.733. The fourth-order valence-electron chi connectivity index (χ4n) is 2.58. The largest absolute Gasteiger partial charge is 0.315 e. The second kappa shape index (κ2) is 5.70. The number of hydrogen-bond donors (Lipinski definition) is 0. The molecule has 3 rings (SSSR count). The van der Waals surface area contributed by atoms with Crippen molar-refractivity contribution in [2.75, 3.05) is 0 Å². The summed E-state index contributed by atoms with van der Waals surface area (Å²) in [7, 11) is 0. The van der Waals surface area contributed by atoms with Gasteiger partial charge in [0.05, 0.1) is 16.9 Å². The van der Waals surface area contributed by atoms with Gasteiger partial charge in [0.15, 0.2) is 5.43 Å². The SMILES string of the molecule is Cc1cn(-c2ccsc2)c(-c2c(F)cc(F)cc2F)c(C)c1=O.